The predicted molar refractivity (Wildman–Crippen MR) is 93.2 cm³/mol. The Morgan fingerprint density at radius 1 is 1.42 bits per heavy atom. The molecule has 1 aliphatic rings. The third-order valence-corrected chi connectivity index (χ3v) is 4.37. The van der Waals surface area contributed by atoms with E-state index in [4.69, 9.17) is 4.74 Å². The van der Waals surface area contributed by atoms with Crippen molar-refractivity contribution in [2.24, 2.45) is 5.92 Å². The fraction of sp³-hybridized carbons (Fsp3) is 0.368. The summed E-state index contributed by atoms with van der Waals surface area (Å²) >= 11 is 0. The Balaban J connectivity index is 2.04. The van der Waals surface area contributed by atoms with Crippen molar-refractivity contribution in [1.82, 2.24) is 10.3 Å². The van der Waals surface area contributed by atoms with Crippen molar-refractivity contribution < 1.29 is 14.3 Å². The number of carbonyl (C=O) groups is 2. The van der Waals surface area contributed by atoms with E-state index in [0.29, 0.717) is 19.3 Å². The smallest absolute Gasteiger partial charge is 0.306 e. The van der Waals surface area contributed by atoms with Gasteiger partial charge in [0.05, 0.1) is 5.92 Å². The van der Waals surface area contributed by atoms with Crippen LogP contribution in [-0.4, -0.2) is 23.5 Å². The minimum Gasteiger partial charge on any atom is -0.461 e. The van der Waals surface area contributed by atoms with Crippen LogP contribution >= 0.6 is 0 Å². The molecule has 2 rings (SSSR count). The molecule has 5 heteroatoms. The normalized spacial score (nSPS) is 16.9. The molecule has 1 aromatic rings. The summed E-state index contributed by atoms with van der Waals surface area (Å²) in [7, 11) is 0. The number of aromatic nitrogens is 1. The molecule has 0 saturated carbocycles. The average Bonchev–Trinajstić information content (AvgIpc) is 3.04. The van der Waals surface area contributed by atoms with E-state index in [9.17, 15) is 9.59 Å². The maximum Gasteiger partial charge on any atom is 0.306 e. The van der Waals surface area contributed by atoms with E-state index in [0.717, 1.165) is 28.1 Å². The van der Waals surface area contributed by atoms with Crippen LogP contribution in [0, 0.1) is 12.8 Å². The molecule has 0 bridgehead atoms. The van der Waals surface area contributed by atoms with Crippen LogP contribution < -0.4 is 5.32 Å². The molecule has 0 aromatic carbocycles. The van der Waals surface area contributed by atoms with Crippen molar-refractivity contribution >= 4 is 11.9 Å². The number of H-pyrrole nitrogens is 1. The average molecular weight is 328 g/mol. The Hall–Kier alpha value is -2.56. The third-order valence-electron chi connectivity index (χ3n) is 4.37. The minimum atomic E-state index is -0.231. The summed E-state index contributed by atoms with van der Waals surface area (Å²) in [6.45, 7) is 11.5. The van der Waals surface area contributed by atoms with Crippen LogP contribution in [0.25, 0.3) is 0 Å². The summed E-state index contributed by atoms with van der Waals surface area (Å²) in [6, 6.07) is 0. The monoisotopic (exact) mass is 328 g/mol. The molecular weight excluding hydrogens is 304 g/mol. The largest absolute Gasteiger partial charge is 0.461 e. The van der Waals surface area contributed by atoms with E-state index in [1.54, 1.807) is 12.2 Å². The lowest BCUT2D eigenvalue weighted by Gasteiger charge is -2.06. The first kappa shape index (κ1) is 17.8. The summed E-state index contributed by atoms with van der Waals surface area (Å²) in [5.41, 5.74) is 5.07. The van der Waals surface area contributed by atoms with Gasteiger partial charge in [0.15, 0.2) is 0 Å². The Kier molecular flexibility index (Phi) is 5.79. The second kappa shape index (κ2) is 7.81. The van der Waals surface area contributed by atoms with Gasteiger partial charge in [0.25, 0.3) is 0 Å². The summed E-state index contributed by atoms with van der Waals surface area (Å²) in [5.74, 6) is -0.383. The maximum atomic E-state index is 11.8. The number of hydrogen-bond donors (Lipinski definition) is 2. The van der Waals surface area contributed by atoms with Gasteiger partial charge in [-0.25, -0.2) is 0 Å². The van der Waals surface area contributed by atoms with E-state index in [2.05, 4.69) is 23.5 Å². The van der Waals surface area contributed by atoms with Gasteiger partial charge in [-0.2, -0.15) is 0 Å². The predicted octanol–water partition coefficient (Wildman–Crippen LogP) is 2.73. The number of esters is 1. The quantitative estimate of drug-likeness (QED) is 0.569. The standard InChI is InChI=1S/C19H24N2O3/c1-5-9-24-18(22)8-7-14-11-20-16(12(14)3)10-17-15(6-2)13(4)19(23)21-17/h5-6,11,13,20H,1-2,7-10H2,3-4H3,(H,21,23). The van der Waals surface area contributed by atoms with Crippen LogP contribution in [0.4, 0.5) is 0 Å². The Labute approximate surface area is 142 Å². The van der Waals surface area contributed by atoms with Crippen LogP contribution in [-0.2, 0) is 27.2 Å². The van der Waals surface area contributed by atoms with Crippen LogP contribution in [0.5, 0.6) is 0 Å². The highest BCUT2D eigenvalue weighted by Gasteiger charge is 2.27. The van der Waals surface area contributed by atoms with E-state index in [1.165, 1.54) is 0 Å². The fourth-order valence-corrected chi connectivity index (χ4v) is 2.84. The Bertz CT molecular complexity index is 697. The van der Waals surface area contributed by atoms with Crippen LogP contribution in [0.2, 0.25) is 0 Å². The van der Waals surface area contributed by atoms with Gasteiger partial charge < -0.3 is 15.0 Å². The molecule has 24 heavy (non-hydrogen) atoms. The Morgan fingerprint density at radius 2 is 2.17 bits per heavy atom. The van der Waals surface area contributed by atoms with Gasteiger partial charge in [-0.1, -0.05) is 25.3 Å². The van der Waals surface area contributed by atoms with Gasteiger partial charge >= 0.3 is 5.97 Å². The Morgan fingerprint density at radius 3 is 2.83 bits per heavy atom. The van der Waals surface area contributed by atoms with Gasteiger partial charge in [-0.05, 0) is 37.0 Å². The lowest BCUT2D eigenvalue weighted by atomic mass is 10.00. The number of amides is 1. The highest BCUT2D eigenvalue weighted by atomic mass is 16.5. The van der Waals surface area contributed by atoms with Crippen molar-refractivity contribution in [2.75, 3.05) is 6.61 Å². The molecular formula is C19H24N2O3. The third kappa shape index (κ3) is 3.85. The molecule has 1 aliphatic heterocycles. The number of hydrogen-bond acceptors (Lipinski definition) is 3. The number of aromatic amines is 1. The molecule has 128 valence electrons. The zero-order valence-corrected chi connectivity index (χ0v) is 14.3. The van der Waals surface area contributed by atoms with Crippen LogP contribution in [0.3, 0.4) is 0 Å². The molecule has 0 saturated heterocycles. The first-order valence-electron chi connectivity index (χ1n) is 8.06. The second-order valence-electron chi connectivity index (χ2n) is 5.91. The zero-order chi connectivity index (χ0) is 17.7. The van der Waals surface area contributed by atoms with Crippen molar-refractivity contribution in [2.45, 2.75) is 33.1 Å². The van der Waals surface area contributed by atoms with Crippen molar-refractivity contribution in [3.8, 4) is 0 Å². The SMILES string of the molecule is C=CCOC(=O)CCc1c[nH]c(CC2=C(C=C)C(C)C(=O)N2)c1C. The van der Waals surface area contributed by atoms with Crippen molar-refractivity contribution in [1.29, 1.82) is 0 Å². The van der Waals surface area contributed by atoms with E-state index in [1.807, 2.05) is 20.0 Å². The number of carbonyl (C=O) groups excluding carboxylic acids is 2. The van der Waals surface area contributed by atoms with Gasteiger partial charge in [-0.3, -0.25) is 9.59 Å². The fourth-order valence-electron chi connectivity index (χ4n) is 2.84. The molecule has 0 aliphatic carbocycles. The molecule has 2 heterocycles. The highest BCUT2D eigenvalue weighted by Crippen LogP contribution is 2.26. The second-order valence-corrected chi connectivity index (χ2v) is 5.91. The molecule has 0 radical (unpaired) electrons. The lowest BCUT2D eigenvalue weighted by molar-refractivity contribution is -0.142. The molecule has 1 amide bonds. The summed E-state index contributed by atoms with van der Waals surface area (Å²) < 4.78 is 4.99. The van der Waals surface area contributed by atoms with Gasteiger partial charge in [-0.15, -0.1) is 0 Å². The number of rotatable bonds is 8. The molecule has 2 N–H and O–H groups in total. The number of nitrogens with one attached hydrogen (secondary N) is 2. The van der Waals surface area contributed by atoms with Crippen LogP contribution in [0.1, 0.15) is 30.2 Å². The minimum absolute atomic E-state index is 0.00861. The number of allylic oxidation sites excluding steroid dienone is 2. The van der Waals surface area contributed by atoms with Crippen molar-refractivity contribution in [3.05, 3.63) is 59.6 Å². The van der Waals surface area contributed by atoms with Gasteiger partial charge in [0.1, 0.15) is 6.61 Å². The summed E-state index contributed by atoms with van der Waals surface area (Å²) in [5, 5.41) is 2.93. The molecule has 1 aromatic heterocycles. The summed E-state index contributed by atoms with van der Waals surface area (Å²) in [4.78, 5) is 26.7. The van der Waals surface area contributed by atoms with E-state index >= 15 is 0 Å². The molecule has 1 unspecified atom stereocenters. The maximum absolute atomic E-state index is 11.8. The van der Waals surface area contributed by atoms with E-state index in [-0.39, 0.29) is 24.4 Å². The highest BCUT2D eigenvalue weighted by molar-refractivity contribution is 5.87. The van der Waals surface area contributed by atoms with Gasteiger partial charge in [0, 0.05) is 30.4 Å². The van der Waals surface area contributed by atoms with E-state index < -0.39 is 0 Å². The van der Waals surface area contributed by atoms with Crippen LogP contribution in [0.15, 0.2) is 42.8 Å². The lowest BCUT2D eigenvalue weighted by Crippen LogP contribution is -2.20. The first-order chi connectivity index (χ1) is 11.5. The molecule has 5 nitrogen and oxygen atoms in total. The zero-order valence-electron chi connectivity index (χ0n) is 14.3. The number of ether oxygens (including phenoxy) is 1. The number of aryl methyl sites for hydroxylation is 1. The molecule has 0 spiro atoms. The van der Waals surface area contributed by atoms with Gasteiger partial charge in [0.2, 0.25) is 5.91 Å². The molecule has 0 fully saturated rings. The summed E-state index contributed by atoms with van der Waals surface area (Å²) in [6.07, 6.45) is 6.78. The molecule has 1 atom stereocenters. The first-order valence-corrected chi connectivity index (χ1v) is 8.06. The van der Waals surface area contributed by atoms with Crippen molar-refractivity contribution in [3.63, 3.8) is 0 Å². The topological polar surface area (TPSA) is 71.2 Å².